The van der Waals surface area contributed by atoms with Gasteiger partial charge in [0.2, 0.25) is 0 Å². The summed E-state index contributed by atoms with van der Waals surface area (Å²) in [5.41, 5.74) is 1.31. The minimum absolute atomic E-state index is 0.179. The van der Waals surface area contributed by atoms with E-state index >= 15 is 0 Å². The molecule has 0 atom stereocenters. The molecule has 0 unspecified atom stereocenters. The van der Waals surface area contributed by atoms with E-state index in [0.717, 1.165) is 18.7 Å². The van der Waals surface area contributed by atoms with Crippen LogP contribution in [0.1, 0.15) is 36.2 Å². The highest BCUT2D eigenvalue weighted by molar-refractivity contribution is 5.88. The molecule has 5 nitrogen and oxygen atoms in total. The van der Waals surface area contributed by atoms with Gasteiger partial charge in [0, 0.05) is 31.1 Å². The third-order valence-corrected chi connectivity index (χ3v) is 3.54. The predicted molar refractivity (Wildman–Crippen MR) is 72.3 cm³/mol. The highest BCUT2D eigenvalue weighted by Crippen LogP contribution is 2.29. The minimum Gasteiger partial charge on any atom is -0.464 e. The Balaban J connectivity index is 2.17. The van der Waals surface area contributed by atoms with Crippen LogP contribution in [0.4, 0.5) is 5.69 Å². The molecule has 1 heterocycles. The lowest BCUT2D eigenvalue weighted by Gasteiger charge is -2.39. The van der Waals surface area contributed by atoms with Crippen LogP contribution >= 0.6 is 0 Å². The van der Waals surface area contributed by atoms with Gasteiger partial charge >= 0.3 is 5.97 Å². The van der Waals surface area contributed by atoms with Crippen molar-refractivity contribution in [2.75, 3.05) is 25.2 Å². The number of aromatic nitrogens is 1. The second-order valence-electron chi connectivity index (χ2n) is 4.75. The van der Waals surface area contributed by atoms with Gasteiger partial charge in [-0.1, -0.05) is 0 Å². The smallest absolute Gasteiger partial charge is 0.356 e. The van der Waals surface area contributed by atoms with E-state index in [1.807, 2.05) is 6.07 Å². The maximum atomic E-state index is 11.5. The number of carbonyl (C=O) groups is 1. The Morgan fingerprint density at radius 2 is 2.37 bits per heavy atom. The zero-order valence-corrected chi connectivity index (χ0v) is 11.2. The maximum absolute atomic E-state index is 11.5. The Labute approximate surface area is 113 Å². The number of anilines is 1. The molecule has 0 bridgehead atoms. The Bertz CT molecular complexity index is 432. The van der Waals surface area contributed by atoms with Crippen molar-refractivity contribution in [3.05, 3.63) is 24.0 Å². The van der Waals surface area contributed by atoms with E-state index in [9.17, 15) is 4.79 Å². The molecule has 0 radical (unpaired) electrons. The second kappa shape index (κ2) is 6.52. The number of aliphatic hydroxyl groups is 1. The molecule has 0 saturated heterocycles. The highest BCUT2D eigenvalue weighted by atomic mass is 16.5. The lowest BCUT2D eigenvalue weighted by molar-refractivity contribution is 0.0594. The van der Waals surface area contributed by atoms with Gasteiger partial charge < -0.3 is 14.7 Å². The summed E-state index contributed by atoms with van der Waals surface area (Å²) in [7, 11) is 1.35. The number of nitrogens with zero attached hydrogens (tertiary/aromatic N) is 2. The fourth-order valence-electron chi connectivity index (χ4n) is 2.28. The second-order valence-corrected chi connectivity index (χ2v) is 4.75. The number of aliphatic hydroxyl groups excluding tert-OH is 1. The SMILES string of the molecule is COC(=O)c1cc(N(CCCO)C2CCC2)ccn1. The first-order chi connectivity index (χ1) is 9.26. The van der Waals surface area contributed by atoms with Gasteiger partial charge in [-0.3, -0.25) is 0 Å². The number of ether oxygens (including phenoxy) is 1. The molecule has 2 rings (SSSR count). The molecule has 1 aromatic rings. The number of hydrogen-bond acceptors (Lipinski definition) is 5. The van der Waals surface area contributed by atoms with Gasteiger partial charge in [0.05, 0.1) is 7.11 Å². The van der Waals surface area contributed by atoms with Gasteiger partial charge in [-0.25, -0.2) is 9.78 Å². The van der Waals surface area contributed by atoms with Crippen molar-refractivity contribution < 1.29 is 14.6 Å². The fourth-order valence-corrected chi connectivity index (χ4v) is 2.28. The molecule has 1 aliphatic rings. The van der Waals surface area contributed by atoms with E-state index in [4.69, 9.17) is 9.84 Å². The topological polar surface area (TPSA) is 62.7 Å². The maximum Gasteiger partial charge on any atom is 0.356 e. The van der Waals surface area contributed by atoms with Crippen molar-refractivity contribution >= 4 is 11.7 Å². The number of hydrogen-bond donors (Lipinski definition) is 1. The first-order valence-electron chi connectivity index (χ1n) is 6.68. The van der Waals surface area contributed by atoms with Crippen LogP contribution in [0.15, 0.2) is 18.3 Å². The molecule has 0 amide bonds. The van der Waals surface area contributed by atoms with E-state index in [1.165, 1.54) is 26.4 Å². The zero-order chi connectivity index (χ0) is 13.7. The highest BCUT2D eigenvalue weighted by Gasteiger charge is 2.25. The summed E-state index contributed by atoms with van der Waals surface area (Å²) in [6.45, 7) is 0.976. The molecule has 1 aromatic heterocycles. The summed E-state index contributed by atoms with van der Waals surface area (Å²) in [5.74, 6) is -0.419. The fraction of sp³-hybridized carbons (Fsp3) is 0.571. The average molecular weight is 264 g/mol. The molecule has 0 aliphatic heterocycles. The summed E-state index contributed by atoms with van der Waals surface area (Å²) >= 11 is 0. The van der Waals surface area contributed by atoms with Gasteiger partial charge in [-0.2, -0.15) is 0 Å². The van der Waals surface area contributed by atoms with Crippen LogP contribution < -0.4 is 4.90 Å². The molecule has 1 fully saturated rings. The quantitative estimate of drug-likeness (QED) is 0.791. The Hall–Kier alpha value is -1.62. The third-order valence-electron chi connectivity index (χ3n) is 3.54. The molecule has 1 saturated carbocycles. The van der Waals surface area contributed by atoms with Crippen LogP contribution in [-0.4, -0.2) is 42.4 Å². The summed E-state index contributed by atoms with van der Waals surface area (Å²) < 4.78 is 4.69. The zero-order valence-electron chi connectivity index (χ0n) is 11.2. The van der Waals surface area contributed by atoms with Gasteiger partial charge in [0.15, 0.2) is 0 Å². The first-order valence-corrected chi connectivity index (χ1v) is 6.68. The van der Waals surface area contributed by atoms with Gasteiger partial charge in [0.25, 0.3) is 0 Å². The normalized spacial score (nSPS) is 14.8. The number of esters is 1. The number of rotatable bonds is 6. The average Bonchev–Trinajstić information content (AvgIpc) is 2.40. The van der Waals surface area contributed by atoms with Gasteiger partial charge in [-0.05, 0) is 37.8 Å². The number of pyridine rings is 1. The van der Waals surface area contributed by atoms with E-state index in [-0.39, 0.29) is 6.61 Å². The predicted octanol–water partition coefficient (Wildman–Crippen LogP) is 1.61. The van der Waals surface area contributed by atoms with Gasteiger partial charge in [0.1, 0.15) is 5.69 Å². The monoisotopic (exact) mass is 264 g/mol. The van der Waals surface area contributed by atoms with E-state index in [0.29, 0.717) is 11.7 Å². The van der Waals surface area contributed by atoms with Crippen LogP contribution in [0.5, 0.6) is 0 Å². The third kappa shape index (κ3) is 3.23. The van der Waals surface area contributed by atoms with Crippen molar-refractivity contribution in [2.45, 2.75) is 31.7 Å². The van der Waals surface area contributed by atoms with Crippen LogP contribution in [0, 0.1) is 0 Å². The molecule has 0 aromatic carbocycles. The standard InChI is InChI=1S/C14H20N2O3/c1-19-14(18)13-10-12(6-7-15-13)16(8-3-9-17)11-4-2-5-11/h6-7,10-11,17H,2-5,8-9H2,1H3. The van der Waals surface area contributed by atoms with Crippen LogP contribution in [0.25, 0.3) is 0 Å². The molecular weight excluding hydrogens is 244 g/mol. The van der Waals surface area contributed by atoms with Crippen molar-refractivity contribution in [2.24, 2.45) is 0 Å². The van der Waals surface area contributed by atoms with Crippen LogP contribution in [0.2, 0.25) is 0 Å². The molecule has 104 valence electrons. The summed E-state index contributed by atoms with van der Waals surface area (Å²) in [4.78, 5) is 17.8. The van der Waals surface area contributed by atoms with E-state index in [1.54, 1.807) is 12.3 Å². The Morgan fingerprint density at radius 1 is 1.58 bits per heavy atom. The molecule has 0 spiro atoms. The molecule has 5 heteroatoms. The summed E-state index contributed by atoms with van der Waals surface area (Å²) in [5, 5.41) is 9.00. The van der Waals surface area contributed by atoms with Crippen LogP contribution in [-0.2, 0) is 4.74 Å². The van der Waals surface area contributed by atoms with Crippen molar-refractivity contribution in [1.29, 1.82) is 0 Å². The van der Waals surface area contributed by atoms with Crippen molar-refractivity contribution in [1.82, 2.24) is 4.98 Å². The molecule has 1 aliphatic carbocycles. The lowest BCUT2D eigenvalue weighted by atomic mass is 9.91. The van der Waals surface area contributed by atoms with Crippen molar-refractivity contribution in [3.8, 4) is 0 Å². The van der Waals surface area contributed by atoms with Crippen molar-refractivity contribution in [3.63, 3.8) is 0 Å². The largest absolute Gasteiger partial charge is 0.464 e. The molecule has 19 heavy (non-hydrogen) atoms. The summed E-state index contributed by atoms with van der Waals surface area (Å²) in [6.07, 6.45) is 5.94. The molecular formula is C14H20N2O3. The number of carbonyl (C=O) groups excluding carboxylic acids is 1. The summed E-state index contributed by atoms with van der Waals surface area (Å²) in [6, 6.07) is 4.18. The van der Waals surface area contributed by atoms with E-state index in [2.05, 4.69) is 9.88 Å². The van der Waals surface area contributed by atoms with Gasteiger partial charge in [-0.15, -0.1) is 0 Å². The van der Waals surface area contributed by atoms with E-state index < -0.39 is 5.97 Å². The first kappa shape index (κ1) is 13.8. The lowest BCUT2D eigenvalue weighted by Crippen LogP contribution is -2.41. The number of methoxy groups -OCH3 is 1. The Kier molecular flexibility index (Phi) is 4.74. The minimum atomic E-state index is -0.419. The van der Waals surface area contributed by atoms with Crippen LogP contribution in [0.3, 0.4) is 0 Å². The molecule has 1 N–H and O–H groups in total. The Morgan fingerprint density at radius 3 is 2.95 bits per heavy atom.